The van der Waals surface area contributed by atoms with Gasteiger partial charge in [0, 0.05) is 5.56 Å². The van der Waals surface area contributed by atoms with Crippen molar-refractivity contribution in [1.82, 2.24) is 4.98 Å². The van der Waals surface area contributed by atoms with Crippen LogP contribution in [0.15, 0.2) is 6.07 Å². The second-order valence-corrected chi connectivity index (χ2v) is 2.88. The molecule has 0 aliphatic rings. The van der Waals surface area contributed by atoms with E-state index in [0.717, 1.165) is 6.07 Å². The van der Waals surface area contributed by atoms with Crippen LogP contribution in [0.2, 0.25) is 0 Å². The number of nitro groups is 1. The third-order valence-electron chi connectivity index (χ3n) is 1.83. The molecule has 0 aliphatic heterocycles. The molecule has 5 nitrogen and oxygen atoms in total. The van der Waals surface area contributed by atoms with Crippen LogP contribution in [0.1, 0.15) is 23.4 Å². The largest absolute Gasteiger partial charge is 0.390 e. The number of rotatable bonds is 3. The molecule has 0 saturated carbocycles. The van der Waals surface area contributed by atoms with E-state index in [1.165, 1.54) is 6.92 Å². The number of halogens is 2. The molecule has 0 aliphatic carbocycles. The van der Waals surface area contributed by atoms with Crippen molar-refractivity contribution in [2.45, 2.75) is 20.0 Å². The first-order valence-electron chi connectivity index (χ1n) is 4.01. The Labute approximate surface area is 83.5 Å². The molecule has 0 bridgehead atoms. The summed E-state index contributed by atoms with van der Waals surface area (Å²) in [4.78, 5) is 13.1. The van der Waals surface area contributed by atoms with Crippen molar-refractivity contribution in [2.75, 3.05) is 0 Å². The number of aliphatic hydroxyl groups excluding tert-OH is 1. The monoisotopic (exact) mass is 218 g/mol. The van der Waals surface area contributed by atoms with Crippen molar-refractivity contribution >= 4 is 5.69 Å². The van der Waals surface area contributed by atoms with Gasteiger partial charge in [-0.1, -0.05) is 0 Å². The zero-order valence-electron chi connectivity index (χ0n) is 7.78. The zero-order chi connectivity index (χ0) is 11.6. The summed E-state index contributed by atoms with van der Waals surface area (Å²) in [6.07, 6.45) is -2.81. The molecule has 15 heavy (non-hydrogen) atoms. The number of aliphatic hydroxyl groups is 1. The van der Waals surface area contributed by atoms with Crippen LogP contribution in [-0.4, -0.2) is 15.0 Å². The molecule has 1 rings (SSSR count). The maximum Gasteiger partial charge on any atom is 0.296 e. The van der Waals surface area contributed by atoms with E-state index in [1.807, 2.05) is 0 Å². The summed E-state index contributed by atoms with van der Waals surface area (Å²) in [6, 6.07) is 0.946. The highest BCUT2D eigenvalue weighted by atomic mass is 19.3. The maximum absolute atomic E-state index is 12.3. The van der Waals surface area contributed by atoms with Crippen LogP contribution in [0, 0.1) is 17.0 Å². The third-order valence-corrected chi connectivity index (χ3v) is 1.83. The van der Waals surface area contributed by atoms with Crippen LogP contribution in [0.5, 0.6) is 0 Å². The van der Waals surface area contributed by atoms with Crippen molar-refractivity contribution < 1.29 is 18.8 Å². The fourth-order valence-corrected chi connectivity index (χ4v) is 1.23. The highest BCUT2D eigenvalue weighted by Crippen LogP contribution is 2.26. The minimum Gasteiger partial charge on any atom is -0.390 e. The van der Waals surface area contributed by atoms with Gasteiger partial charge < -0.3 is 5.11 Å². The van der Waals surface area contributed by atoms with E-state index in [0.29, 0.717) is 0 Å². The minimum atomic E-state index is -2.81. The Bertz CT molecular complexity index is 396. The van der Waals surface area contributed by atoms with Crippen LogP contribution in [-0.2, 0) is 6.61 Å². The molecule has 1 heterocycles. The molecule has 0 radical (unpaired) electrons. The number of nitrogens with zero attached hydrogens (tertiary/aromatic N) is 2. The number of alkyl halides is 2. The van der Waals surface area contributed by atoms with Gasteiger partial charge in [0.2, 0.25) is 0 Å². The average molecular weight is 218 g/mol. The Balaban J connectivity index is 3.37. The van der Waals surface area contributed by atoms with Crippen molar-refractivity contribution in [3.8, 4) is 0 Å². The lowest BCUT2D eigenvalue weighted by Crippen LogP contribution is -2.04. The molecule has 82 valence electrons. The summed E-state index contributed by atoms with van der Waals surface area (Å²) in [5.74, 6) is 0. The number of aromatic nitrogens is 1. The summed E-state index contributed by atoms with van der Waals surface area (Å²) in [5.41, 5.74) is -1.26. The van der Waals surface area contributed by atoms with Gasteiger partial charge in [-0.3, -0.25) is 10.1 Å². The van der Waals surface area contributed by atoms with Gasteiger partial charge >= 0.3 is 0 Å². The van der Waals surface area contributed by atoms with Crippen LogP contribution in [0.4, 0.5) is 14.5 Å². The summed E-state index contributed by atoms with van der Waals surface area (Å²) >= 11 is 0. The SMILES string of the molecule is Cc1cc(C(F)F)nc(CO)c1[N+](=O)[O-]. The predicted octanol–water partition coefficient (Wildman–Crippen LogP) is 1.73. The van der Waals surface area contributed by atoms with Gasteiger partial charge in [-0.25, -0.2) is 13.8 Å². The normalized spacial score (nSPS) is 10.7. The van der Waals surface area contributed by atoms with Gasteiger partial charge in [0.05, 0.1) is 11.5 Å². The molecule has 1 N–H and O–H groups in total. The van der Waals surface area contributed by atoms with Gasteiger partial charge in [0.25, 0.3) is 12.1 Å². The van der Waals surface area contributed by atoms with Gasteiger partial charge in [-0.05, 0) is 13.0 Å². The summed E-state index contributed by atoms with van der Waals surface area (Å²) in [6.45, 7) is 0.586. The molecule has 0 amide bonds. The van der Waals surface area contributed by atoms with Crippen LogP contribution in [0.25, 0.3) is 0 Å². The van der Waals surface area contributed by atoms with Crippen LogP contribution < -0.4 is 0 Å². The molecule has 0 spiro atoms. The highest BCUT2D eigenvalue weighted by Gasteiger charge is 2.22. The first-order valence-corrected chi connectivity index (χ1v) is 4.01. The molecule has 0 unspecified atom stereocenters. The number of aryl methyl sites for hydroxylation is 1. The molecule has 0 saturated heterocycles. The van der Waals surface area contributed by atoms with Crippen LogP contribution in [0.3, 0.4) is 0 Å². The lowest BCUT2D eigenvalue weighted by molar-refractivity contribution is -0.386. The molecule has 0 fully saturated rings. The lowest BCUT2D eigenvalue weighted by Gasteiger charge is -2.05. The van der Waals surface area contributed by atoms with E-state index in [9.17, 15) is 18.9 Å². The van der Waals surface area contributed by atoms with Gasteiger partial charge in [0.1, 0.15) is 11.4 Å². The van der Waals surface area contributed by atoms with E-state index in [4.69, 9.17) is 5.11 Å². The van der Waals surface area contributed by atoms with Gasteiger partial charge in [0.15, 0.2) is 0 Å². The number of hydrogen-bond donors (Lipinski definition) is 1. The summed E-state index contributed by atoms with van der Waals surface area (Å²) in [5, 5.41) is 19.3. The Morgan fingerprint density at radius 1 is 1.67 bits per heavy atom. The van der Waals surface area contributed by atoms with Crippen molar-refractivity contribution in [1.29, 1.82) is 0 Å². The predicted molar refractivity (Wildman–Crippen MR) is 46.5 cm³/mol. The summed E-state index contributed by atoms with van der Waals surface area (Å²) < 4.78 is 24.6. The molecule has 7 heteroatoms. The molecule has 1 aromatic rings. The van der Waals surface area contributed by atoms with E-state index in [1.54, 1.807) is 0 Å². The standard InChI is InChI=1S/C8H8F2N2O3/c1-4-2-5(8(9)10)11-6(3-13)7(4)12(14)15/h2,8,13H,3H2,1H3. The topological polar surface area (TPSA) is 76.3 Å². The third kappa shape index (κ3) is 2.24. The Morgan fingerprint density at radius 2 is 2.27 bits per heavy atom. The van der Waals surface area contributed by atoms with E-state index in [-0.39, 0.29) is 11.3 Å². The Morgan fingerprint density at radius 3 is 2.67 bits per heavy atom. The van der Waals surface area contributed by atoms with Gasteiger partial charge in [-0.2, -0.15) is 0 Å². The molecule has 0 aromatic carbocycles. The molecule has 1 aromatic heterocycles. The second kappa shape index (κ2) is 4.26. The highest BCUT2D eigenvalue weighted by molar-refractivity contribution is 5.44. The maximum atomic E-state index is 12.3. The average Bonchev–Trinajstić information content (AvgIpc) is 2.15. The molecule has 0 atom stereocenters. The second-order valence-electron chi connectivity index (χ2n) is 2.88. The fourth-order valence-electron chi connectivity index (χ4n) is 1.23. The Hall–Kier alpha value is -1.63. The number of hydrogen-bond acceptors (Lipinski definition) is 4. The summed E-state index contributed by atoms with van der Waals surface area (Å²) in [7, 11) is 0. The van der Waals surface area contributed by atoms with Crippen molar-refractivity contribution in [3.63, 3.8) is 0 Å². The minimum absolute atomic E-state index is 0.0642. The van der Waals surface area contributed by atoms with E-state index in [2.05, 4.69) is 4.98 Å². The van der Waals surface area contributed by atoms with Crippen LogP contribution >= 0.6 is 0 Å². The Kier molecular flexibility index (Phi) is 3.25. The molecular formula is C8H8F2N2O3. The smallest absolute Gasteiger partial charge is 0.296 e. The van der Waals surface area contributed by atoms with E-state index >= 15 is 0 Å². The number of pyridine rings is 1. The van der Waals surface area contributed by atoms with Crippen molar-refractivity contribution in [2.24, 2.45) is 0 Å². The van der Waals surface area contributed by atoms with Gasteiger partial charge in [-0.15, -0.1) is 0 Å². The quantitative estimate of drug-likeness (QED) is 0.619. The lowest BCUT2D eigenvalue weighted by atomic mass is 10.1. The van der Waals surface area contributed by atoms with E-state index < -0.39 is 29.3 Å². The first kappa shape index (κ1) is 11.4. The fraction of sp³-hybridized carbons (Fsp3) is 0.375. The molecular weight excluding hydrogens is 210 g/mol. The van der Waals surface area contributed by atoms with Crippen molar-refractivity contribution in [3.05, 3.63) is 33.1 Å². The first-order chi connectivity index (χ1) is 6.97. The zero-order valence-corrected chi connectivity index (χ0v) is 7.78.